The van der Waals surface area contributed by atoms with Gasteiger partial charge in [-0.3, -0.25) is 0 Å². The monoisotopic (exact) mass is 209 g/mol. The topological polar surface area (TPSA) is 28.2 Å². The summed E-state index contributed by atoms with van der Waals surface area (Å²) in [7, 11) is 0. The SMILES string of the molecule is Clc1ccc(N2CC3CC(C2)N3)cn1. The van der Waals surface area contributed by atoms with Crippen molar-refractivity contribution in [3.8, 4) is 0 Å². The van der Waals surface area contributed by atoms with Crippen LogP contribution in [0, 0.1) is 0 Å². The van der Waals surface area contributed by atoms with Gasteiger partial charge in [-0.25, -0.2) is 4.98 Å². The number of pyridine rings is 1. The molecule has 0 amide bonds. The summed E-state index contributed by atoms with van der Waals surface area (Å²) in [5.74, 6) is 0. The van der Waals surface area contributed by atoms with Gasteiger partial charge in [-0.05, 0) is 18.6 Å². The fourth-order valence-corrected chi connectivity index (χ4v) is 2.39. The number of halogens is 1. The van der Waals surface area contributed by atoms with Crippen LogP contribution in [0.15, 0.2) is 18.3 Å². The molecule has 3 nitrogen and oxygen atoms in total. The summed E-state index contributed by atoms with van der Waals surface area (Å²) in [6.45, 7) is 2.19. The fraction of sp³-hybridized carbons (Fsp3) is 0.500. The van der Waals surface area contributed by atoms with Gasteiger partial charge in [0.1, 0.15) is 5.15 Å². The Labute approximate surface area is 88.1 Å². The number of nitrogens with zero attached hydrogens (tertiary/aromatic N) is 2. The molecule has 3 saturated heterocycles. The van der Waals surface area contributed by atoms with E-state index in [2.05, 4.69) is 15.2 Å². The number of piperidine rings is 1. The van der Waals surface area contributed by atoms with Crippen molar-refractivity contribution in [2.45, 2.75) is 18.5 Å². The number of nitrogens with one attached hydrogen (secondary N) is 1. The van der Waals surface area contributed by atoms with Crippen LogP contribution < -0.4 is 10.2 Å². The molecule has 3 aliphatic heterocycles. The summed E-state index contributed by atoms with van der Waals surface area (Å²) in [6.07, 6.45) is 3.19. The first-order valence-electron chi connectivity index (χ1n) is 4.94. The molecule has 1 aromatic rings. The predicted octanol–water partition coefficient (Wildman–Crippen LogP) is 1.29. The Bertz CT molecular complexity index is 322. The van der Waals surface area contributed by atoms with Gasteiger partial charge in [0.25, 0.3) is 0 Å². The number of piperazine rings is 1. The lowest BCUT2D eigenvalue weighted by molar-refractivity contribution is 0.226. The largest absolute Gasteiger partial charge is 0.367 e. The van der Waals surface area contributed by atoms with E-state index >= 15 is 0 Å². The van der Waals surface area contributed by atoms with Crippen molar-refractivity contribution in [3.05, 3.63) is 23.5 Å². The first-order chi connectivity index (χ1) is 6.81. The van der Waals surface area contributed by atoms with E-state index in [4.69, 9.17) is 11.6 Å². The van der Waals surface area contributed by atoms with Crippen LogP contribution >= 0.6 is 11.6 Å². The van der Waals surface area contributed by atoms with E-state index in [1.165, 1.54) is 12.1 Å². The normalized spacial score (nSPS) is 29.9. The highest BCUT2D eigenvalue weighted by atomic mass is 35.5. The standard InChI is InChI=1S/C10H12ClN3/c11-10-2-1-9(4-12-10)14-5-7-3-8(6-14)13-7/h1-2,4,7-8,13H,3,5-6H2. The minimum atomic E-state index is 0.564. The van der Waals surface area contributed by atoms with Gasteiger partial charge in [0.05, 0.1) is 11.9 Å². The third-order valence-electron chi connectivity index (χ3n) is 3.00. The van der Waals surface area contributed by atoms with Gasteiger partial charge in [-0.2, -0.15) is 0 Å². The van der Waals surface area contributed by atoms with E-state index < -0.39 is 0 Å². The van der Waals surface area contributed by atoms with Crippen molar-refractivity contribution in [1.29, 1.82) is 0 Å². The van der Waals surface area contributed by atoms with Crippen LogP contribution in [0.2, 0.25) is 5.15 Å². The zero-order valence-electron chi connectivity index (χ0n) is 7.78. The molecule has 4 heteroatoms. The predicted molar refractivity (Wildman–Crippen MR) is 56.8 cm³/mol. The van der Waals surface area contributed by atoms with Gasteiger partial charge in [0.15, 0.2) is 0 Å². The zero-order chi connectivity index (χ0) is 9.54. The molecular formula is C10H12ClN3. The lowest BCUT2D eigenvalue weighted by atomic mass is 9.91. The molecule has 0 spiro atoms. The molecule has 4 rings (SSSR count). The molecule has 1 N–H and O–H groups in total. The first kappa shape index (κ1) is 8.50. The summed E-state index contributed by atoms with van der Waals surface area (Å²) >= 11 is 5.75. The van der Waals surface area contributed by atoms with Gasteiger partial charge in [-0.1, -0.05) is 11.6 Å². The summed E-state index contributed by atoms with van der Waals surface area (Å²) < 4.78 is 0. The minimum Gasteiger partial charge on any atom is -0.367 e. The van der Waals surface area contributed by atoms with Crippen LogP contribution in [0.5, 0.6) is 0 Å². The number of hydrogen-bond donors (Lipinski definition) is 1. The summed E-state index contributed by atoms with van der Waals surface area (Å²) in [6, 6.07) is 5.26. The van der Waals surface area contributed by atoms with E-state index in [0.717, 1.165) is 13.1 Å². The number of hydrogen-bond acceptors (Lipinski definition) is 3. The molecule has 74 valence electrons. The van der Waals surface area contributed by atoms with Crippen molar-refractivity contribution in [2.75, 3.05) is 18.0 Å². The van der Waals surface area contributed by atoms with Crippen LogP contribution in [-0.4, -0.2) is 30.2 Å². The van der Waals surface area contributed by atoms with Crippen molar-refractivity contribution in [1.82, 2.24) is 10.3 Å². The summed E-state index contributed by atoms with van der Waals surface area (Å²) in [5.41, 5.74) is 1.19. The third-order valence-corrected chi connectivity index (χ3v) is 3.22. The van der Waals surface area contributed by atoms with Gasteiger partial charge < -0.3 is 10.2 Å². The Morgan fingerprint density at radius 2 is 2.07 bits per heavy atom. The van der Waals surface area contributed by atoms with Crippen LogP contribution in [0.4, 0.5) is 5.69 Å². The van der Waals surface area contributed by atoms with Crippen LogP contribution in [0.3, 0.4) is 0 Å². The maximum absolute atomic E-state index is 5.75. The molecular weight excluding hydrogens is 198 g/mol. The van der Waals surface area contributed by atoms with Gasteiger partial charge in [-0.15, -0.1) is 0 Å². The molecule has 4 heterocycles. The number of fused-ring (bicyclic) bond motifs is 2. The fourth-order valence-electron chi connectivity index (χ4n) is 2.28. The van der Waals surface area contributed by atoms with Gasteiger partial charge in [0.2, 0.25) is 0 Å². The highest BCUT2D eigenvalue weighted by Gasteiger charge is 2.36. The number of rotatable bonds is 1. The van der Waals surface area contributed by atoms with E-state index in [1.54, 1.807) is 0 Å². The lowest BCUT2D eigenvalue weighted by Gasteiger charge is -2.49. The van der Waals surface area contributed by atoms with Crippen molar-refractivity contribution in [2.24, 2.45) is 0 Å². The average molecular weight is 210 g/mol. The van der Waals surface area contributed by atoms with E-state index in [9.17, 15) is 0 Å². The summed E-state index contributed by atoms with van der Waals surface area (Å²) in [4.78, 5) is 6.47. The molecule has 14 heavy (non-hydrogen) atoms. The highest BCUT2D eigenvalue weighted by Crippen LogP contribution is 2.25. The lowest BCUT2D eigenvalue weighted by Crippen LogP contribution is -2.67. The molecule has 1 aromatic heterocycles. The van der Waals surface area contributed by atoms with E-state index in [1.807, 2.05) is 18.3 Å². The van der Waals surface area contributed by atoms with Crippen LogP contribution in [0.1, 0.15) is 6.42 Å². The molecule has 0 saturated carbocycles. The zero-order valence-corrected chi connectivity index (χ0v) is 8.54. The molecule has 3 fully saturated rings. The Morgan fingerprint density at radius 3 is 2.64 bits per heavy atom. The van der Waals surface area contributed by atoms with Crippen molar-refractivity contribution < 1.29 is 0 Å². The van der Waals surface area contributed by atoms with Crippen LogP contribution in [0.25, 0.3) is 0 Å². The van der Waals surface area contributed by atoms with Crippen molar-refractivity contribution in [3.63, 3.8) is 0 Å². The Hall–Kier alpha value is -0.800. The Balaban J connectivity index is 1.79. The maximum atomic E-state index is 5.75. The van der Waals surface area contributed by atoms with E-state index in [0.29, 0.717) is 17.2 Å². The molecule has 2 unspecified atom stereocenters. The first-order valence-corrected chi connectivity index (χ1v) is 5.31. The Kier molecular flexibility index (Phi) is 1.89. The molecule has 2 atom stereocenters. The molecule has 0 radical (unpaired) electrons. The maximum Gasteiger partial charge on any atom is 0.129 e. The van der Waals surface area contributed by atoms with Gasteiger partial charge >= 0.3 is 0 Å². The molecule has 0 aromatic carbocycles. The van der Waals surface area contributed by atoms with E-state index in [-0.39, 0.29) is 0 Å². The number of anilines is 1. The third kappa shape index (κ3) is 1.37. The second kappa shape index (κ2) is 3.11. The minimum absolute atomic E-state index is 0.564. The molecule has 3 aliphatic rings. The number of aromatic nitrogens is 1. The van der Waals surface area contributed by atoms with Crippen LogP contribution in [-0.2, 0) is 0 Å². The molecule has 0 aliphatic carbocycles. The smallest absolute Gasteiger partial charge is 0.129 e. The van der Waals surface area contributed by atoms with Gasteiger partial charge in [0, 0.05) is 25.2 Å². The average Bonchev–Trinajstić information content (AvgIpc) is 2.18. The Morgan fingerprint density at radius 1 is 1.36 bits per heavy atom. The second-order valence-electron chi connectivity index (χ2n) is 4.04. The highest BCUT2D eigenvalue weighted by molar-refractivity contribution is 6.29. The second-order valence-corrected chi connectivity index (χ2v) is 4.43. The summed E-state index contributed by atoms with van der Waals surface area (Å²) in [5, 5.41) is 4.07. The quantitative estimate of drug-likeness (QED) is 0.707. The van der Waals surface area contributed by atoms with Crippen molar-refractivity contribution >= 4 is 17.3 Å². The molecule has 2 bridgehead atoms.